The van der Waals surface area contributed by atoms with Crippen LogP contribution in [-0.4, -0.2) is 13.1 Å². The highest BCUT2D eigenvalue weighted by molar-refractivity contribution is 4.60. The van der Waals surface area contributed by atoms with Crippen molar-refractivity contribution in [3.63, 3.8) is 0 Å². The normalized spacial score (nSPS) is 11.8. The van der Waals surface area contributed by atoms with Gasteiger partial charge in [0.15, 0.2) is 0 Å². The van der Waals surface area contributed by atoms with E-state index in [-0.39, 0.29) is 0 Å². The van der Waals surface area contributed by atoms with E-state index in [1.807, 2.05) is 7.05 Å². The molecule has 1 unspecified atom stereocenters. The lowest BCUT2D eigenvalue weighted by atomic mass is 10.1. The zero-order chi connectivity index (χ0) is 9.82. The largest absolute Gasteiger partial charge is 0.317 e. The van der Waals surface area contributed by atoms with Gasteiger partial charge in [0.25, 0.3) is 0 Å². The smallest absolute Gasteiger partial charge is 0.00614 e. The minimum absolute atomic E-state index is 0.755. The predicted molar refractivity (Wildman–Crippen MR) is 58.6 cm³/mol. The first kappa shape index (κ1) is 14.5. The van der Waals surface area contributed by atoms with Crippen LogP contribution < -0.4 is 5.32 Å². The van der Waals surface area contributed by atoms with E-state index in [1.54, 1.807) is 0 Å². The molecule has 0 rings (SSSR count). The summed E-state index contributed by atoms with van der Waals surface area (Å²) in [6.07, 6.45) is 6.53. The van der Waals surface area contributed by atoms with Gasteiger partial charge in [-0.1, -0.05) is 47.0 Å². The third-order valence-electron chi connectivity index (χ3n) is 1.81. The number of hydrogen-bond acceptors (Lipinski definition) is 1. The van der Waals surface area contributed by atoms with Crippen molar-refractivity contribution < 1.29 is 0 Å². The Kier molecular flexibility index (Phi) is 16.3. The third kappa shape index (κ3) is 12.6. The fourth-order valence-corrected chi connectivity index (χ4v) is 1.00. The average molecular weight is 173 g/mol. The summed E-state index contributed by atoms with van der Waals surface area (Å²) in [7, 11) is 2.05. The molecule has 0 saturated carbocycles. The summed E-state index contributed by atoms with van der Waals surface area (Å²) in [5.41, 5.74) is 0. The van der Waals surface area contributed by atoms with E-state index in [2.05, 4.69) is 33.0 Å². The number of nitrogens with one attached hydrogen (secondary N) is 1. The fraction of sp³-hybridized carbons (Fsp3) is 1.00. The summed E-state index contributed by atoms with van der Waals surface area (Å²) < 4.78 is 0. The summed E-state index contributed by atoms with van der Waals surface area (Å²) in [4.78, 5) is 0. The van der Waals surface area contributed by atoms with E-state index in [1.165, 1.54) is 32.1 Å². The average Bonchev–Trinajstić information content (AvgIpc) is 2.08. The first-order valence-corrected chi connectivity index (χ1v) is 5.43. The van der Waals surface area contributed by atoms with Crippen LogP contribution in [0.2, 0.25) is 0 Å². The second kappa shape index (κ2) is 13.5. The SMILES string of the molecule is CCC.CCCCC(CC)NC. The minimum atomic E-state index is 0.755. The number of rotatable bonds is 5. The van der Waals surface area contributed by atoms with Crippen LogP contribution in [-0.2, 0) is 0 Å². The molecule has 1 atom stereocenters. The van der Waals surface area contributed by atoms with E-state index in [9.17, 15) is 0 Å². The van der Waals surface area contributed by atoms with Gasteiger partial charge in [-0.15, -0.1) is 0 Å². The minimum Gasteiger partial charge on any atom is -0.317 e. The van der Waals surface area contributed by atoms with Crippen molar-refractivity contribution in [2.45, 2.75) is 65.8 Å². The van der Waals surface area contributed by atoms with Crippen molar-refractivity contribution in [1.29, 1.82) is 0 Å². The van der Waals surface area contributed by atoms with Crippen molar-refractivity contribution in [2.24, 2.45) is 0 Å². The summed E-state index contributed by atoms with van der Waals surface area (Å²) in [5, 5.41) is 3.29. The van der Waals surface area contributed by atoms with E-state index in [0.29, 0.717) is 0 Å². The maximum atomic E-state index is 3.29. The molecule has 0 spiro atoms. The van der Waals surface area contributed by atoms with Crippen molar-refractivity contribution in [1.82, 2.24) is 5.32 Å². The maximum Gasteiger partial charge on any atom is 0.00614 e. The van der Waals surface area contributed by atoms with Gasteiger partial charge in [-0.25, -0.2) is 0 Å². The predicted octanol–water partition coefficient (Wildman–Crippen LogP) is 3.59. The standard InChI is InChI=1S/C8H19N.C3H8/c1-4-6-7-8(5-2)9-3;1-3-2/h8-9H,4-7H2,1-3H3;3H2,1-2H3. The number of unbranched alkanes of at least 4 members (excludes halogenated alkanes) is 1. The highest BCUT2D eigenvalue weighted by Gasteiger charge is 1.99. The first-order valence-electron chi connectivity index (χ1n) is 5.43. The maximum absolute atomic E-state index is 3.29. The molecule has 0 aliphatic rings. The first-order chi connectivity index (χ1) is 5.76. The Morgan fingerprint density at radius 3 is 1.83 bits per heavy atom. The molecular weight excluding hydrogens is 146 g/mol. The van der Waals surface area contributed by atoms with E-state index >= 15 is 0 Å². The molecule has 0 aliphatic heterocycles. The molecule has 0 fully saturated rings. The lowest BCUT2D eigenvalue weighted by molar-refractivity contribution is 0.488. The van der Waals surface area contributed by atoms with Crippen LogP contribution in [0.15, 0.2) is 0 Å². The van der Waals surface area contributed by atoms with Crippen LogP contribution >= 0.6 is 0 Å². The second-order valence-corrected chi connectivity index (χ2v) is 3.24. The lowest BCUT2D eigenvalue weighted by Crippen LogP contribution is -2.23. The van der Waals surface area contributed by atoms with Crippen molar-refractivity contribution in [3.05, 3.63) is 0 Å². The summed E-state index contributed by atoms with van der Waals surface area (Å²) in [6, 6.07) is 0.755. The van der Waals surface area contributed by atoms with Crippen LogP contribution in [0.25, 0.3) is 0 Å². The molecule has 1 nitrogen and oxygen atoms in total. The zero-order valence-corrected chi connectivity index (χ0v) is 9.61. The molecule has 0 amide bonds. The molecule has 0 bridgehead atoms. The Balaban J connectivity index is 0. The van der Waals surface area contributed by atoms with Gasteiger partial charge in [0.2, 0.25) is 0 Å². The highest BCUT2D eigenvalue weighted by atomic mass is 14.9. The van der Waals surface area contributed by atoms with Crippen LogP contribution in [0.4, 0.5) is 0 Å². The zero-order valence-electron chi connectivity index (χ0n) is 9.61. The summed E-state index contributed by atoms with van der Waals surface area (Å²) >= 11 is 0. The van der Waals surface area contributed by atoms with Crippen molar-refractivity contribution in [2.75, 3.05) is 7.05 Å². The Morgan fingerprint density at radius 2 is 1.58 bits per heavy atom. The van der Waals surface area contributed by atoms with E-state index in [4.69, 9.17) is 0 Å². The van der Waals surface area contributed by atoms with Gasteiger partial charge >= 0.3 is 0 Å². The quantitative estimate of drug-likeness (QED) is 0.670. The summed E-state index contributed by atoms with van der Waals surface area (Å²) in [5.74, 6) is 0. The molecule has 0 aromatic heterocycles. The molecule has 0 aliphatic carbocycles. The van der Waals surface area contributed by atoms with Crippen molar-refractivity contribution in [3.8, 4) is 0 Å². The molecule has 0 saturated heterocycles. The Bertz CT molecular complexity index is 58.0. The molecule has 0 radical (unpaired) electrons. The van der Waals surface area contributed by atoms with Gasteiger partial charge in [0.1, 0.15) is 0 Å². The second-order valence-electron chi connectivity index (χ2n) is 3.24. The van der Waals surface area contributed by atoms with Gasteiger partial charge in [-0.3, -0.25) is 0 Å². The Labute approximate surface area is 78.9 Å². The highest BCUT2D eigenvalue weighted by Crippen LogP contribution is 2.02. The van der Waals surface area contributed by atoms with Crippen LogP contribution in [0.3, 0.4) is 0 Å². The molecule has 1 N–H and O–H groups in total. The molecule has 1 heteroatoms. The lowest BCUT2D eigenvalue weighted by Gasteiger charge is -2.11. The molecular formula is C11H27N. The van der Waals surface area contributed by atoms with Gasteiger partial charge in [0.05, 0.1) is 0 Å². The Morgan fingerprint density at radius 1 is 1.08 bits per heavy atom. The molecule has 0 aromatic rings. The van der Waals surface area contributed by atoms with Gasteiger partial charge < -0.3 is 5.32 Å². The fourth-order valence-electron chi connectivity index (χ4n) is 1.00. The molecule has 0 heterocycles. The van der Waals surface area contributed by atoms with Gasteiger partial charge in [-0.05, 0) is 19.9 Å². The summed E-state index contributed by atoms with van der Waals surface area (Å²) in [6.45, 7) is 8.72. The monoisotopic (exact) mass is 173 g/mol. The van der Waals surface area contributed by atoms with Gasteiger partial charge in [0, 0.05) is 6.04 Å². The van der Waals surface area contributed by atoms with Crippen molar-refractivity contribution >= 4 is 0 Å². The molecule has 0 aromatic carbocycles. The van der Waals surface area contributed by atoms with Crippen LogP contribution in [0, 0.1) is 0 Å². The number of hydrogen-bond donors (Lipinski definition) is 1. The van der Waals surface area contributed by atoms with Crippen LogP contribution in [0.5, 0.6) is 0 Å². The molecule has 12 heavy (non-hydrogen) atoms. The van der Waals surface area contributed by atoms with E-state index < -0.39 is 0 Å². The molecule has 76 valence electrons. The topological polar surface area (TPSA) is 12.0 Å². The van der Waals surface area contributed by atoms with Crippen LogP contribution in [0.1, 0.15) is 59.8 Å². The van der Waals surface area contributed by atoms with E-state index in [0.717, 1.165) is 6.04 Å². The Hall–Kier alpha value is -0.0400. The third-order valence-corrected chi connectivity index (χ3v) is 1.81. The van der Waals surface area contributed by atoms with Gasteiger partial charge in [-0.2, -0.15) is 0 Å².